The molecule has 0 spiro atoms. The molecule has 0 amide bonds. The van der Waals surface area contributed by atoms with E-state index in [9.17, 15) is 0 Å². The summed E-state index contributed by atoms with van der Waals surface area (Å²) in [6.45, 7) is 10.1. The Bertz CT molecular complexity index is 374. The summed E-state index contributed by atoms with van der Waals surface area (Å²) in [5.74, 6) is 0.672. The van der Waals surface area contributed by atoms with E-state index in [1.54, 1.807) is 0 Å². The maximum Gasteiger partial charge on any atom is 0.0321 e. The molecule has 0 saturated heterocycles. The van der Waals surface area contributed by atoms with Gasteiger partial charge in [0.25, 0.3) is 0 Å². The zero-order valence-electron chi connectivity index (χ0n) is 13.1. The Morgan fingerprint density at radius 2 is 1.79 bits per heavy atom. The van der Waals surface area contributed by atoms with Crippen molar-refractivity contribution in [3.63, 3.8) is 0 Å². The van der Waals surface area contributed by atoms with Gasteiger partial charge in [0.2, 0.25) is 0 Å². The number of hydrogen-bond donors (Lipinski definition) is 1. The van der Waals surface area contributed by atoms with Gasteiger partial charge in [-0.25, -0.2) is 0 Å². The van der Waals surface area contributed by atoms with Crippen LogP contribution in [0.1, 0.15) is 32.4 Å². The summed E-state index contributed by atoms with van der Waals surface area (Å²) in [5, 5.41) is 0. The second-order valence-electron chi connectivity index (χ2n) is 6.04. The van der Waals surface area contributed by atoms with Gasteiger partial charge in [0.15, 0.2) is 0 Å². The van der Waals surface area contributed by atoms with Crippen molar-refractivity contribution >= 4 is 5.69 Å². The smallest absolute Gasteiger partial charge is 0.0321 e. The van der Waals surface area contributed by atoms with Crippen LogP contribution in [0.2, 0.25) is 0 Å². The van der Waals surface area contributed by atoms with Crippen molar-refractivity contribution < 1.29 is 0 Å². The molecule has 3 nitrogen and oxygen atoms in total. The number of likely N-dealkylation sites (N-methyl/N-ethyl adjacent to an activating group) is 1. The van der Waals surface area contributed by atoms with E-state index in [0.29, 0.717) is 12.0 Å². The predicted molar refractivity (Wildman–Crippen MR) is 84.2 cm³/mol. The molecule has 19 heavy (non-hydrogen) atoms. The third-order valence-corrected chi connectivity index (χ3v) is 3.37. The molecular formula is C16H29N3. The first-order valence-electron chi connectivity index (χ1n) is 7.14. The number of nitrogens with two attached hydrogens (primary N) is 1. The molecule has 2 N–H and O–H groups in total. The molecule has 3 heteroatoms. The minimum absolute atomic E-state index is 0.408. The van der Waals surface area contributed by atoms with Gasteiger partial charge >= 0.3 is 0 Å². The van der Waals surface area contributed by atoms with Crippen LogP contribution in [0.25, 0.3) is 0 Å². The van der Waals surface area contributed by atoms with Crippen molar-refractivity contribution in [3.05, 3.63) is 29.8 Å². The maximum absolute atomic E-state index is 5.89. The molecule has 1 unspecified atom stereocenters. The number of anilines is 1. The van der Waals surface area contributed by atoms with Crippen LogP contribution in [-0.4, -0.2) is 43.5 Å². The van der Waals surface area contributed by atoms with Crippen LogP contribution in [-0.2, 0) is 0 Å². The topological polar surface area (TPSA) is 32.5 Å². The molecule has 1 aromatic carbocycles. The van der Waals surface area contributed by atoms with Crippen molar-refractivity contribution in [1.29, 1.82) is 0 Å². The van der Waals surface area contributed by atoms with Crippen molar-refractivity contribution in [2.45, 2.75) is 26.8 Å². The van der Waals surface area contributed by atoms with E-state index in [1.165, 1.54) is 5.56 Å². The fourth-order valence-electron chi connectivity index (χ4n) is 2.27. The van der Waals surface area contributed by atoms with Gasteiger partial charge in [-0.3, -0.25) is 4.90 Å². The molecule has 0 radical (unpaired) electrons. The standard InChI is InChI=1S/C16H29N3/c1-13(2)12-19(10-9-18(4)5)14(3)15-7-6-8-16(17)11-15/h6-8,11,13-14H,9-10,12,17H2,1-5H3. The van der Waals surface area contributed by atoms with Crippen LogP contribution in [0, 0.1) is 5.92 Å². The molecule has 0 fully saturated rings. The van der Waals surface area contributed by atoms with Gasteiger partial charge in [-0.15, -0.1) is 0 Å². The summed E-state index contributed by atoms with van der Waals surface area (Å²) < 4.78 is 0. The van der Waals surface area contributed by atoms with Crippen molar-refractivity contribution in [1.82, 2.24) is 9.80 Å². The van der Waals surface area contributed by atoms with Gasteiger partial charge in [0.1, 0.15) is 0 Å². The summed E-state index contributed by atoms with van der Waals surface area (Å²) in [6, 6.07) is 8.66. The van der Waals surface area contributed by atoms with Crippen LogP contribution in [0.15, 0.2) is 24.3 Å². The first-order chi connectivity index (χ1) is 8.90. The molecule has 0 aliphatic heterocycles. The molecule has 1 rings (SSSR count). The van der Waals surface area contributed by atoms with Gasteiger partial charge in [-0.05, 0) is 44.6 Å². The lowest BCUT2D eigenvalue weighted by atomic mass is 10.0. The second kappa shape index (κ2) is 7.51. The highest BCUT2D eigenvalue weighted by Gasteiger charge is 2.17. The van der Waals surface area contributed by atoms with Gasteiger partial charge in [-0.1, -0.05) is 26.0 Å². The summed E-state index contributed by atoms with van der Waals surface area (Å²) >= 11 is 0. The van der Waals surface area contributed by atoms with E-state index in [0.717, 1.165) is 25.3 Å². The predicted octanol–water partition coefficient (Wildman–Crippen LogP) is 2.85. The van der Waals surface area contributed by atoms with Gasteiger partial charge < -0.3 is 10.6 Å². The monoisotopic (exact) mass is 263 g/mol. The summed E-state index contributed by atoms with van der Waals surface area (Å²) in [4.78, 5) is 4.78. The molecule has 0 aliphatic carbocycles. The largest absolute Gasteiger partial charge is 0.399 e. The van der Waals surface area contributed by atoms with Crippen LogP contribution in [0.4, 0.5) is 5.69 Å². The minimum atomic E-state index is 0.408. The van der Waals surface area contributed by atoms with Crippen LogP contribution >= 0.6 is 0 Å². The average Bonchev–Trinajstić information content (AvgIpc) is 2.33. The highest BCUT2D eigenvalue weighted by Crippen LogP contribution is 2.22. The van der Waals surface area contributed by atoms with E-state index in [2.05, 4.69) is 56.8 Å². The first-order valence-corrected chi connectivity index (χ1v) is 7.14. The van der Waals surface area contributed by atoms with Crippen molar-refractivity contribution in [2.75, 3.05) is 39.5 Å². The van der Waals surface area contributed by atoms with E-state index in [-0.39, 0.29) is 0 Å². The van der Waals surface area contributed by atoms with Gasteiger partial charge in [0.05, 0.1) is 0 Å². The second-order valence-corrected chi connectivity index (χ2v) is 6.04. The molecule has 0 heterocycles. The Balaban J connectivity index is 2.77. The molecule has 108 valence electrons. The third-order valence-electron chi connectivity index (χ3n) is 3.37. The lowest BCUT2D eigenvalue weighted by Crippen LogP contribution is -2.36. The van der Waals surface area contributed by atoms with Gasteiger partial charge in [-0.2, -0.15) is 0 Å². The summed E-state index contributed by atoms with van der Waals surface area (Å²) in [6.07, 6.45) is 0. The van der Waals surface area contributed by atoms with Crippen molar-refractivity contribution in [2.24, 2.45) is 5.92 Å². The fourth-order valence-corrected chi connectivity index (χ4v) is 2.27. The van der Waals surface area contributed by atoms with Gasteiger partial charge in [0, 0.05) is 31.4 Å². The van der Waals surface area contributed by atoms with Crippen LogP contribution in [0.3, 0.4) is 0 Å². The Morgan fingerprint density at radius 3 is 2.32 bits per heavy atom. The first kappa shape index (κ1) is 16.0. The van der Waals surface area contributed by atoms with Crippen molar-refractivity contribution in [3.8, 4) is 0 Å². The Kier molecular flexibility index (Phi) is 6.32. The molecule has 1 aromatic rings. The zero-order valence-corrected chi connectivity index (χ0v) is 13.1. The SMILES string of the molecule is CC(C)CN(CCN(C)C)C(C)c1cccc(N)c1. The number of nitrogen functional groups attached to an aromatic ring is 1. The molecular weight excluding hydrogens is 234 g/mol. The molecule has 0 aliphatic rings. The molecule has 0 bridgehead atoms. The minimum Gasteiger partial charge on any atom is -0.399 e. The normalized spacial score (nSPS) is 13.5. The lowest BCUT2D eigenvalue weighted by Gasteiger charge is -2.32. The summed E-state index contributed by atoms with van der Waals surface area (Å²) in [5.41, 5.74) is 8.05. The Morgan fingerprint density at radius 1 is 1.11 bits per heavy atom. The van der Waals surface area contributed by atoms with Crippen LogP contribution in [0.5, 0.6) is 0 Å². The summed E-state index contributed by atoms with van der Waals surface area (Å²) in [7, 11) is 4.25. The highest BCUT2D eigenvalue weighted by atomic mass is 15.2. The van der Waals surface area contributed by atoms with E-state index in [1.807, 2.05) is 12.1 Å². The third kappa shape index (κ3) is 5.62. The number of hydrogen-bond acceptors (Lipinski definition) is 3. The Hall–Kier alpha value is -1.06. The number of rotatable bonds is 7. The molecule has 0 aromatic heterocycles. The van der Waals surface area contributed by atoms with Crippen LogP contribution < -0.4 is 5.73 Å². The number of nitrogens with zero attached hydrogens (tertiary/aromatic N) is 2. The molecule has 1 atom stereocenters. The quantitative estimate of drug-likeness (QED) is 0.768. The van der Waals surface area contributed by atoms with E-state index < -0.39 is 0 Å². The fraction of sp³-hybridized carbons (Fsp3) is 0.625. The van der Waals surface area contributed by atoms with E-state index >= 15 is 0 Å². The maximum atomic E-state index is 5.89. The zero-order chi connectivity index (χ0) is 14.4. The Labute approximate surface area is 118 Å². The lowest BCUT2D eigenvalue weighted by molar-refractivity contribution is 0.170. The average molecular weight is 263 g/mol. The number of benzene rings is 1. The highest BCUT2D eigenvalue weighted by molar-refractivity contribution is 5.41. The molecule has 0 saturated carbocycles. The van der Waals surface area contributed by atoms with E-state index in [4.69, 9.17) is 5.73 Å².